The van der Waals surface area contributed by atoms with E-state index in [9.17, 15) is 0 Å². The first-order chi connectivity index (χ1) is 4.84. The minimum absolute atomic E-state index is 0. The minimum atomic E-state index is 0. The highest BCUT2D eigenvalue weighted by Crippen LogP contribution is 2.13. The molecule has 11 heavy (non-hydrogen) atoms. The molecule has 0 saturated heterocycles. The van der Waals surface area contributed by atoms with Crippen LogP contribution in [0.15, 0.2) is 35.7 Å². The Morgan fingerprint density at radius 2 is 2.45 bits per heavy atom. The monoisotopic (exact) mass is 173 g/mol. The SMILES string of the molecule is C=CC[C@@H](N)c1ccoc1.Cl. The lowest BCUT2D eigenvalue weighted by molar-refractivity contribution is 0.559. The van der Waals surface area contributed by atoms with E-state index >= 15 is 0 Å². The van der Waals surface area contributed by atoms with E-state index in [4.69, 9.17) is 10.2 Å². The average molecular weight is 174 g/mol. The van der Waals surface area contributed by atoms with E-state index in [-0.39, 0.29) is 18.4 Å². The molecule has 2 N–H and O–H groups in total. The zero-order valence-corrected chi connectivity index (χ0v) is 7.01. The van der Waals surface area contributed by atoms with Crippen molar-refractivity contribution < 1.29 is 4.42 Å². The molecule has 0 fully saturated rings. The van der Waals surface area contributed by atoms with Gasteiger partial charge in [0.15, 0.2) is 0 Å². The summed E-state index contributed by atoms with van der Waals surface area (Å²) in [5, 5.41) is 0. The second-order valence-corrected chi connectivity index (χ2v) is 2.19. The van der Waals surface area contributed by atoms with E-state index in [1.54, 1.807) is 18.6 Å². The van der Waals surface area contributed by atoms with Gasteiger partial charge in [-0.15, -0.1) is 19.0 Å². The van der Waals surface area contributed by atoms with Crippen LogP contribution in [0.5, 0.6) is 0 Å². The first-order valence-corrected chi connectivity index (χ1v) is 3.23. The fourth-order valence-corrected chi connectivity index (χ4v) is 0.802. The van der Waals surface area contributed by atoms with Crippen LogP contribution in [0.1, 0.15) is 18.0 Å². The third-order valence-electron chi connectivity index (χ3n) is 1.39. The third-order valence-corrected chi connectivity index (χ3v) is 1.39. The Balaban J connectivity index is 0.000001000. The molecular formula is C8H12ClNO. The molecule has 1 atom stereocenters. The van der Waals surface area contributed by atoms with Crippen molar-refractivity contribution in [2.45, 2.75) is 12.5 Å². The van der Waals surface area contributed by atoms with Gasteiger partial charge in [-0.2, -0.15) is 0 Å². The van der Waals surface area contributed by atoms with Gasteiger partial charge in [0, 0.05) is 11.6 Å². The van der Waals surface area contributed by atoms with E-state index in [2.05, 4.69) is 6.58 Å². The van der Waals surface area contributed by atoms with E-state index in [0.29, 0.717) is 0 Å². The second-order valence-electron chi connectivity index (χ2n) is 2.19. The Hall–Kier alpha value is -0.730. The van der Waals surface area contributed by atoms with Crippen LogP contribution in [0.4, 0.5) is 0 Å². The Labute approximate surface area is 72.5 Å². The van der Waals surface area contributed by atoms with Crippen LogP contribution in [0.3, 0.4) is 0 Å². The molecule has 2 nitrogen and oxygen atoms in total. The summed E-state index contributed by atoms with van der Waals surface area (Å²) in [6.45, 7) is 3.60. The smallest absolute Gasteiger partial charge is 0.0950 e. The third kappa shape index (κ3) is 2.78. The highest BCUT2D eigenvalue weighted by Gasteiger charge is 2.02. The number of hydrogen-bond donors (Lipinski definition) is 1. The Morgan fingerprint density at radius 1 is 1.73 bits per heavy atom. The number of halogens is 1. The summed E-state index contributed by atoms with van der Waals surface area (Å²) in [5.41, 5.74) is 6.75. The summed E-state index contributed by atoms with van der Waals surface area (Å²) in [7, 11) is 0. The quantitative estimate of drug-likeness (QED) is 0.713. The second kappa shape index (κ2) is 4.99. The molecule has 0 spiro atoms. The van der Waals surface area contributed by atoms with Crippen LogP contribution in [0.25, 0.3) is 0 Å². The van der Waals surface area contributed by atoms with Gasteiger partial charge < -0.3 is 10.2 Å². The molecule has 1 heterocycles. The molecule has 0 aliphatic carbocycles. The lowest BCUT2D eigenvalue weighted by atomic mass is 10.1. The van der Waals surface area contributed by atoms with E-state index < -0.39 is 0 Å². The molecule has 1 rings (SSSR count). The normalized spacial score (nSPS) is 11.7. The molecule has 0 radical (unpaired) electrons. The van der Waals surface area contributed by atoms with Crippen LogP contribution in [-0.4, -0.2) is 0 Å². The zero-order valence-electron chi connectivity index (χ0n) is 6.19. The highest BCUT2D eigenvalue weighted by molar-refractivity contribution is 5.85. The first kappa shape index (κ1) is 10.3. The van der Waals surface area contributed by atoms with Crippen molar-refractivity contribution in [3.63, 3.8) is 0 Å². The molecule has 1 aromatic heterocycles. The predicted octanol–water partition coefficient (Wildman–Crippen LogP) is 2.28. The van der Waals surface area contributed by atoms with Gasteiger partial charge in [-0.25, -0.2) is 0 Å². The summed E-state index contributed by atoms with van der Waals surface area (Å²) < 4.78 is 4.87. The Morgan fingerprint density at radius 3 is 2.91 bits per heavy atom. The van der Waals surface area contributed by atoms with Crippen LogP contribution in [-0.2, 0) is 0 Å². The van der Waals surface area contributed by atoms with Gasteiger partial charge in [0.25, 0.3) is 0 Å². The summed E-state index contributed by atoms with van der Waals surface area (Å²) >= 11 is 0. The zero-order chi connectivity index (χ0) is 7.40. The lowest BCUT2D eigenvalue weighted by Gasteiger charge is -2.03. The summed E-state index contributed by atoms with van der Waals surface area (Å²) in [4.78, 5) is 0. The molecule has 3 heteroatoms. The molecule has 0 aliphatic heterocycles. The van der Waals surface area contributed by atoms with E-state index in [1.807, 2.05) is 6.07 Å². The van der Waals surface area contributed by atoms with Gasteiger partial charge in [-0.05, 0) is 12.5 Å². The lowest BCUT2D eigenvalue weighted by Crippen LogP contribution is -2.07. The van der Waals surface area contributed by atoms with Gasteiger partial charge in [-0.3, -0.25) is 0 Å². The molecule has 0 unspecified atom stereocenters. The summed E-state index contributed by atoms with van der Waals surface area (Å²) in [6.07, 6.45) is 5.88. The van der Waals surface area contributed by atoms with Crippen LogP contribution < -0.4 is 5.73 Å². The summed E-state index contributed by atoms with van der Waals surface area (Å²) in [5.74, 6) is 0. The highest BCUT2D eigenvalue weighted by atomic mass is 35.5. The Kier molecular flexibility index (Phi) is 4.66. The van der Waals surface area contributed by atoms with Gasteiger partial charge in [0.1, 0.15) is 0 Å². The summed E-state index contributed by atoms with van der Waals surface area (Å²) in [6, 6.07) is 1.91. The fraction of sp³-hybridized carbons (Fsp3) is 0.250. The van der Waals surface area contributed by atoms with Gasteiger partial charge in [0.2, 0.25) is 0 Å². The molecule has 0 aliphatic rings. The molecule has 0 saturated carbocycles. The number of hydrogen-bond acceptors (Lipinski definition) is 2. The molecule has 0 bridgehead atoms. The van der Waals surface area contributed by atoms with Crippen molar-refractivity contribution >= 4 is 12.4 Å². The maximum Gasteiger partial charge on any atom is 0.0950 e. The van der Waals surface area contributed by atoms with Crippen molar-refractivity contribution in [2.75, 3.05) is 0 Å². The molecule has 0 aromatic carbocycles. The van der Waals surface area contributed by atoms with Crippen molar-refractivity contribution in [3.05, 3.63) is 36.8 Å². The molecule has 0 amide bonds. The number of furan rings is 1. The number of rotatable bonds is 3. The standard InChI is InChI=1S/C8H11NO.ClH/c1-2-3-8(9)7-4-5-10-6-7;/h2,4-6,8H,1,3,9H2;1H/t8-;/m1./s1. The molecular weight excluding hydrogens is 162 g/mol. The molecule has 62 valence electrons. The molecule has 1 aromatic rings. The van der Waals surface area contributed by atoms with E-state index in [1.165, 1.54) is 0 Å². The van der Waals surface area contributed by atoms with Crippen molar-refractivity contribution in [2.24, 2.45) is 5.73 Å². The fourth-order valence-electron chi connectivity index (χ4n) is 0.802. The van der Waals surface area contributed by atoms with Crippen molar-refractivity contribution in [3.8, 4) is 0 Å². The minimum Gasteiger partial charge on any atom is -0.472 e. The van der Waals surface area contributed by atoms with Crippen molar-refractivity contribution in [1.82, 2.24) is 0 Å². The maximum atomic E-state index is 5.72. The van der Waals surface area contributed by atoms with Crippen LogP contribution in [0.2, 0.25) is 0 Å². The predicted molar refractivity (Wildman–Crippen MR) is 47.7 cm³/mol. The van der Waals surface area contributed by atoms with Gasteiger partial charge >= 0.3 is 0 Å². The van der Waals surface area contributed by atoms with Gasteiger partial charge in [0.05, 0.1) is 12.5 Å². The largest absolute Gasteiger partial charge is 0.472 e. The van der Waals surface area contributed by atoms with E-state index in [0.717, 1.165) is 12.0 Å². The number of nitrogens with two attached hydrogens (primary N) is 1. The average Bonchev–Trinajstić information content (AvgIpc) is 2.38. The van der Waals surface area contributed by atoms with Crippen LogP contribution >= 0.6 is 12.4 Å². The first-order valence-electron chi connectivity index (χ1n) is 3.23. The maximum absolute atomic E-state index is 5.72. The Bertz CT molecular complexity index is 196. The van der Waals surface area contributed by atoms with Crippen molar-refractivity contribution in [1.29, 1.82) is 0 Å². The van der Waals surface area contributed by atoms with Gasteiger partial charge in [-0.1, -0.05) is 6.08 Å². The van der Waals surface area contributed by atoms with Crippen LogP contribution in [0, 0.1) is 0 Å². The topological polar surface area (TPSA) is 39.2 Å².